The summed E-state index contributed by atoms with van der Waals surface area (Å²) in [5, 5.41) is 2.76. The smallest absolute Gasteiger partial charge is 0.262 e. The first-order valence-electron chi connectivity index (χ1n) is 8.43. The maximum atomic E-state index is 12.1. The second kappa shape index (κ2) is 7.07. The quantitative estimate of drug-likeness (QED) is 0.834. The van der Waals surface area contributed by atoms with Crippen LogP contribution in [0, 0.1) is 0 Å². The van der Waals surface area contributed by atoms with Gasteiger partial charge in [0.25, 0.3) is 5.91 Å². The predicted octanol–water partition coefficient (Wildman–Crippen LogP) is 2.45. The summed E-state index contributed by atoms with van der Waals surface area (Å²) in [6, 6.07) is 12.7. The summed E-state index contributed by atoms with van der Waals surface area (Å²) in [5.74, 6) is 0.611. The summed E-state index contributed by atoms with van der Waals surface area (Å²) in [6.45, 7) is 3.92. The summed E-state index contributed by atoms with van der Waals surface area (Å²) in [4.78, 5) is 23.0. The Bertz CT molecular complexity index is 828. The maximum Gasteiger partial charge on any atom is 0.262 e. The molecule has 0 unspecified atom stereocenters. The van der Waals surface area contributed by atoms with Gasteiger partial charge in [-0.15, -0.1) is 0 Å². The summed E-state index contributed by atoms with van der Waals surface area (Å²) in [5.41, 5.74) is 7.40. The molecule has 26 heavy (non-hydrogen) atoms. The lowest BCUT2D eigenvalue weighted by molar-refractivity contribution is -0.118. The largest absolute Gasteiger partial charge is 0.483 e. The van der Waals surface area contributed by atoms with Crippen LogP contribution in [0.25, 0.3) is 0 Å². The minimum Gasteiger partial charge on any atom is -0.483 e. The van der Waals surface area contributed by atoms with Gasteiger partial charge in [0.1, 0.15) is 5.60 Å². The molecule has 0 fully saturated rings. The Labute approximate surface area is 152 Å². The van der Waals surface area contributed by atoms with Crippen LogP contribution in [0.2, 0.25) is 0 Å². The first kappa shape index (κ1) is 17.8. The number of para-hydroxylation sites is 1. The van der Waals surface area contributed by atoms with E-state index in [1.165, 1.54) is 0 Å². The van der Waals surface area contributed by atoms with Crippen molar-refractivity contribution in [2.45, 2.75) is 32.3 Å². The van der Waals surface area contributed by atoms with Gasteiger partial charge >= 0.3 is 0 Å². The number of primary amides is 1. The molecule has 6 heteroatoms. The molecule has 3 rings (SSSR count). The topological polar surface area (TPSA) is 90.6 Å². The van der Waals surface area contributed by atoms with E-state index in [1.807, 2.05) is 26.0 Å². The molecular weight excluding hydrogens is 332 g/mol. The molecule has 1 aliphatic rings. The molecule has 1 aliphatic heterocycles. The fraction of sp³-hybridized carbons (Fsp3) is 0.300. The van der Waals surface area contributed by atoms with Crippen molar-refractivity contribution < 1.29 is 19.1 Å². The van der Waals surface area contributed by atoms with Crippen LogP contribution in [-0.4, -0.2) is 24.0 Å². The molecule has 3 N–H and O–H groups in total. The SMILES string of the molecule is CC1(C)Cc2cccc(OCC(=O)Nc3ccc(CC(N)=O)cc3)c2O1. The van der Waals surface area contributed by atoms with E-state index in [2.05, 4.69) is 5.32 Å². The lowest BCUT2D eigenvalue weighted by atomic mass is 10.0. The van der Waals surface area contributed by atoms with Crippen LogP contribution < -0.4 is 20.5 Å². The summed E-state index contributed by atoms with van der Waals surface area (Å²) in [7, 11) is 0. The molecule has 0 atom stereocenters. The van der Waals surface area contributed by atoms with E-state index in [9.17, 15) is 9.59 Å². The molecule has 0 bridgehead atoms. The van der Waals surface area contributed by atoms with Crippen LogP contribution in [-0.2, 0) is 22.4 Å². The van der Waals surface area contributed by atoms with Crippen molar-refractivity contribution in [3.05, 3.63) is 53.6 Å². The lowest BCUT2D eigenvalue weighted by Crippen LogP contribution is -2.25. The molecule has 0 aromatic heterocycles. The monoisotopic (exact) mass is 354 g/mol. The number of hydrogen-bond acceptors (Lipinski definition) is 4. The van der Waals surface area contributed by atoms with Crippen LogP contribution in [0.4, 0.5) is 5.69 Å². The van der Waals surface area contributed by atoms with Gasteiger partial charge in [-0.2, -0.15) is 0 Å². The Balaban J connectivity index is 1.57. The fourth-order valence-electron chi connectivity index (χ4n) is 2.95. The summed E-state index contributed by atoms with van der Waals surface area (Å²) < 4.78 is 11.6. The van der Waals surface area contributed by atoms with Crippen molar-refractivity contribution in [3.63, 3.8) is 0 Å². The van der Waals surface area contributed by atoms with E-state index >= 15 is 0 Å². The van der Waals surface area contributed by atoms with E-state index in [4.69, 9.17) is 15.2 Å². The number of carbonyl (C=O) groups excluding carboxylic acids is 2. The highest BCUT2D eigenvalue weighted by molar-refractivity contribution is 5.92. The molecule has 0 saturated carbocycles. The summed E-state index contributed by atoms with van der Waals surface area (Å²) >= 11 is 0. The van der Waals surface area contributed by atoms with Gasteiger partial charge in [-0.25, -0.2) is 0 Å². The first-order chi connectivity index (χ1) is 12.3. The van der Waals surface area contributed by atoms with E-state index in [-0.39, 0.29) is 24.5 Å². The normalized spacial score (nSPS) is 14.2. The van der Waals surface area contributed by atoms with Gasteiger partial charge < -0.3 is 20.5 Å². The minimum atomic E-state index is -0.393. The van der Waals surface area contributed by atoms with Gasteiger partial charge in [-0.3, -0.25) is 9.59 Å². The number of ether oxygens (including phenoxy) is 2. The number of rotatable bonds is 6. The lowest BCUT2D eigenvalue weighted by Gasteiger charge is -2.18. The van der Waals surface area contributed by atoms with Gasteiger partial charge in [0.15, 0.2) is 18.1 Å². The van der Waals surface area contributed by atoms with Crippen LogP contribution in [0.3, 0.4) is 0 Å². The highest BCUT2D eigenvalue weighted by Gasteiger charge is 2.32. The molecule has 136 valence electrons. The number of anilines is 1. The van der Waals surface area contributed by atoms with Crippen molar-refractivity contribution >= 4 is 17.5 Å². The third-order valence-corrected chi connectivity index (χ3v) is 4.03. The van der Waals surface area contributed by atoms with E-state index in [0.717, 1.165) is 17.5 Å². The minimum absolute atomic E-state index is 0.122. The van der Waals surface area contributed by atoms with Crippen LogP contribution in [0.5, 0.6) is 11.5 Å². The number of nitrogens with two attached hydrogens (primary N) is 1. The molecule has 2 aromatic rings. The third kappa shape index (κ3) is 4.33. The molecule has 0 saturated heterocycles. The maximum absolute atomic E-state index is 12.1. The Morgan fingerprint density at radius 1 is 1.19 bits per heavy atom. The standard InChI is InChI=1S/C20H22N2O4/c1-20(2)11-14-4-3-5-16(19(14)26-20)25-12-18(24)22-15-8-6-13(7-9-15)10-17(21)23/h3-9H,10-12H2,1-2H3,(H2,21,23)(H,22,24). The highest BCUT2D eigenvalue weighted by atomic mass is 16.5. The number of benzene rings is 2. The molecule has 6 nitrogen and oxygen atoms in total. The van der Waals surface area contributed by atoms with Crippen LogP contribution in [0.15, 0.2) is 42.5 Å². The van der Waals surface area contributed by atoms with Gasteiger partial charge in [0.05, 0.1) is 6.42 Å². The Kier molecular flexibility index (Phi) is 4.84. The molecule has 0 spiro atoms. The van der Waals surface area contributed by atoms with Crippen LogP contribution in [0.1, 0.15) is 25.0 Å². The van der Waals surface area contributed by atoms with Crippen molar-refractivity contribution in [3.8, 4) is 11.5 Å². The predicted molar refractivity (Wildman–Crippen MR) is 98.3 cm³/mol. The van der Waals surface area contributed by atoms with Crippen molar-refractivity contribution in [1.29, 1.82) is 0 Å². The fourth-order valence-corrected chi connectivity index (χ4v) is 2.95. The second-order valence-corrected chi connectivity index (χ2v) is 6.96. The molecule has 2 amide bonds. The van der Waals surface area contributed by atoms with Crippen molar-refractivity contribution in [2.75, 3.05) is 11.9 Å². The Hall–Kier alpha value is -3.02. The Morgan fingerprint density at radius 2 is 1.92 bits per heavy atom. The van der Waals surface area contributed by atoms with Crippen molar-refractivity contribution in [1.82, 2.24) is 0 Å². The number of fused-ring (bicyclic) bond motifs is 1. The summed E-state index contributed by atoms with van der Waals surface area (Å²) in [6.07, 6.45) is 0.982. The third-order valence-electron chi connectivity index (χ3n) is 4.03. The van der Waals surface area contributed by atoms with Crippen molar-refractivity contribution in [2.24, 2.45) is 5.73 Å². The zero-order valence-corrected chi connectivity index (χ0v) is 14.9. The van der Waals surface area contributed by atoms with Gasteiger partial charge in [0, 0.05) is 17.7 Å². The molecule has 2 aromatic carbocycles. The van der Waals surface area contributed by atoms with E-state index in [0.29, 0.717) is 17.2 Å². The molecule has 0 aliphatic carbocycles. The second-order valence-electron chi connectivity index (χ2n) is 6.96. The van der Waals surface area contributed by atoms with E-state index < -0.39 is 5.91 Å². The van der Waals surface area contributed by atoms with Gasteiger partial charge in [-0.1, -0.05) is 24.3 Å². The van der Waals surface area contributed by atoms with Crippen LogP contribution >= 0.6 is 0 Å². The number of amides is 2. The number of carbonyl (C=O) groups is 2. The highest BCUT2D eigenvalue weighted by Crippen LogP contribution is 2.41. The van der Waals surface area contributed by atoms with Gasteiger partial charge in [-0.05, 0) is 37.6 Å². The van der Waals surface area contributed by atoms with E-state index in [1.54, 1.807) is 30.3 Å². The molecule has 1 heterocycles. The molecular formula is C20H22N2O4. The molecule has 0 radical (unpaired) electrons. The average Bonchev–Trinajstić information content (AvgIpc) is 2.88. The Morgan fingerprint density at radius 3 is 2.62 bits per heavy atom. The number of nitrogens with one attached hydrogen (secondary N) is 1. The number of hydrogen-bond donors (Lipinski definition) is 2. The zero-order chi connectivity index (χ0) is 18.7. The zero-order valence-electron chi connectivity index (χ0n) is 14.9. The van der Waals surface area contributed by atoms with Gasteiger partial charge in [0.2, 0.25) is 5.91 Å². The first-order valence-corrected chi connectivity index (χ1v) is 8.43. The average molecular weight is 354 g/mol.